The summed E-state index contributed by atoms with van der Waals surface area (Å²) in [6.07, 6.45) is 8.19. The molecular formula is C18H19N3O3. The largest absolute Gasteiger partial charge is 0.478 e. The van der Waals surface area contributed by atoms with Crippen LogP contribution >= 0.6 is 0 Å². The molecule has 2 aromatic rings. The Labute approximate surface area is 140 Å². The second-order valence-corrected chi connectivity index (χ2v) is 5.93. The summed E-state index contributed by atoms with van der Waals surface area (Å²) in [4.78, 5) is 13.2. The fourth-order valence-corrected chi connectivity index (χ4v) is 2.62. The number of benzene rings is 1. The summed E-state index contributed by atoms with van der Waals surface area (Å²) < 4.78 is 5.75. The summed E-state index contributed by atoms with van der Waals surface area (Å²) in [5.41, 5.74) is 1.68. The number of aromatic nitrogens is 2. The Bertz CT molecular complexity index is 805. The van der Waals surface area contributed by atoms with Gasteiger partial charge in [0.1, 0.15) is 0 Å². The molecule has 1 heterocycles. The van der Waals surface area contributed by atoms with E-state index in [1.165, 1.54) is 12.1 Å². The van der Waals surface area contributed by atoms with Crippen molar-refractivity contribution in [3.63, 3.8) is 0 Å². The molecule has 6 heteroatoms. The zero-order valence-electron chi connectivity index (χ0n) is 13.6. The van der Waals surface area contributed by atoms with Crippen LogP contribution in [0.3, 0.4) is 0 Å². The highest BCUT2D eigenvalue weighted by atomic mass is 16.4. The van der Waals surface area contributed by atoms with E-state index < -0.39 is 5.97 Å². The van der Waals surface area contributed by atoms with Crippen molar-refractivity contribution >= 4 is 11.5 Å². The third kappa shape index (κ3) is 3.44. The first-order valence-corrected chi connectivity index (χ1v) is 7.77. The number of allylic oxidation sites excluding steroid dienone is 3. The molecule has 1 aromatic heterocycles. The SMILES string of the molecule is CN(C)C1C=CC(c2nnc(-c3cccc(C(=O)O)c3)o2)=CCC1. The maximum absolute atomic E-state index is 11.1. The van der Waals surface area contributed by atoms with E-state index in [2.05, 4.69) is 41.3 Å². The molecule has 24 heavy (non-hydrogen) atoms. The van der Waals surface area contributed by atoms with Crippen molar-refractivity contribution < 1.29 is 14.3 Å². The Balaban J connectivity index is 1.86. The van der Waals surface area contributed by atoms with E-state index in [1.54, 1.807) is 12.1 Å². The number of hydrogen-bond acceptors (Lipinski definition) is 5. The number of likely N-dealkylation sites (N-methyl/N-ethyl adjacent to an activating group) is 1. The van der Waals surface area contributed by atoms with Crippen LogP contribution in [0.4, 0.5) is 0 Å². The lowest BCUT2D eigenvalue weighted by atomic mass is 10.1. The Morgan fingerprint density at radius 2 is 2.08 bits per heavy atom. The third-order valence-electron chi connectivity index (χ3n) is 4.02. The van der Waals surface area contributed by atoms with Crippen molar-refractivity contribution in [1.82, 2.24) is 15.1 Å². The minimum absolute atomic E-state index is 0.189. The Kier molecular flexibility index (Phi) is 4.57. The average molecular weight is 325 g/mol. The van der Waals surface area contributed by atoms with Crippen LogP contribution in [-0.4, -0.2) is 46.3 Å². The molecule has 0 amide bonds. The normalized spacial score (nSPS) is 17.6. The van der Waals surface area contributed by atoms with Crippen LogP contribution in [-0.2, 0) is 0 Å². The molecule has 0 bridgehead atoms. The van der Waals surface area contributed by atoms with Crippen LogP contribution in [0.15, 0.2) is 46.9 Å². The highest BCUT2D eigenvalue weighted by molar-refractivity contribution is 5.89. The molecule has 0 radical (unpaired) electrons. The van der Waals surface area contributed by atoms with Gasteiger partial charge in [-0.1, -0.05) is 24.3 Å². The molecular weight excluding hydrogens is 306 g/mol. The molecule has 1 N–H and O–H groups in total. The molecule has 124 valence electrons. The molecule has 0 saturated carbocycles. The van der Waals surface area contributed by atoms with Gasteiger partial charge in [-0.25, -0.2) is 4.79 Å². The van der Waals surface area contributed by atoms with Gasteiger partial charge in [0.15, 0.2) is 0 Å². The van der Waals surface area contributed by atoms with Gasteiger partial charge < -0.3 is 14.4 Å². The molecule has 0 aliphatic heterocycles. The molecule has 0 spiro atoms. The molecule has 6 nitrogen and oxygen atoms in total. The van der Waals surface area contributed by atoms with Gasteiger partial charge >= 0.3 is 5.97 Å². The number of carbonyl (C=O) groups is 1. The van der Waals surface area contributed by atoms with Gasteiger partial charge in [0.05, 0.1) is 5.56 Å². The topological polar surface area (TPSA) is 79.5 Å². The number of carboxylic acids is 1. The molecule has 1 unspecified atom stereocenters. The van der Waals surface area contributed by atoms with E-state index in [-0.39, 0.29) is 5.56 Å². The first-order valence-electron chi connectivity index (χ1n) is 7.77. The maximum Gasteiger partial charge on any atom is 0.335 e. The van der Waals surface area contributed by atoms with Gasteiger partial charge in [-0.3, -0.25) is 0 Å². The Morgan fingerprint density at radius 3 is 2.83 bits per heavy atom. The highest BCUT2D eigenvalue weighted by Crippen LogP contribution is 2.25. The summed E-state index contributed by atoms with van der Waals surface area (Å²) >= 11 is 0. The lowest BCUT2D eigenvalue weighted by molar-refractivity contribution is 0.0697. The van der Waals surface area contributed by atoms with Gasteiger partial charge in [0.2, 0.25) is 11.8 Å². The summed E-state index contributed by atoms with van der Waals surface area (Å²) in [5, 5.41) is 17.2. The highest BCUT2D eigenvalue weighted by Gasteiger charge is 2.16. The molecule has 1 aliphatic rings. The molecule has 0 fully saturated rings. The van der Waals surface area contributed by atoms with Crippen LogP contribution in [0.25, 0.3) is 17.0 Å². The number of hydrogen-bond donors (Lipinski definition) is 1. The van der Waals surface area contributed by atoms with Gasteiger partial charge in [-0.15, -0.1) is 10.2 Å². The smallest absolute Gasteiger partial charge is 0.335 e. The van der Waals surface area contributed by atoms with Crippen molar-refractivity contribution in [3.05, 3.63) is 53.9 Å². The predicted molar refractivity (Wildman–Crippen MR) is 90.5 cm³/mol. The van der Waals surface area contributed by atoms with Crippen molar-refractivity contribution in [1.29, 1.82) is 0 Å². The third-order valence-corrected chi connectivity index (χ3v) is 4.02. The summed E-state index contributed by atoms with van der Waals surface area (Å²) in [6, 6.07) is 6.85. The second kappa shape index (κ2) is 6.80. The van der Waals surface area contributed by atoms with E-state index >= 15 is 0 Å². The minimum Gasteiger partial charge on any atom is -0.478 e. The van der Waals surface area contributed by atoms with Crippen LogP contribution in [0.1, 0.15) is 29.1 Å². The molecule has 1 aromatic carbocycles. The van der Waals surface area contributed by atoms with Gasteiger partial charge in [-0.2, -0.15) is 0 Å². The molecule has 1 aliphatic carbocycles. The van der Waals surface area contributed by atoms with E-state index in [0.29, 0.717) is 23.4 Å². The zero-order chi connectivity index (χ0) is 17.1. The van der Waals surface area contributed by atoms with Crippen LogP contribution in [0.2, 0.25) is 0 Å². The lowest BCUT2D eigenvalue weighted by Crippen LogP contribution is -2.25. The standard InChI is InChI=1S/C18H19N3O3/c1-21(2)15-8-4-5-12(9-10-15)16-19-20-17(24-16)13-6-3-7-14(11-13)18(22)23/h3,5-7,9-11,15H,4,8H2,1-2H3,(H,22,23). The zero-order valence-corrected chi connectivity index (χ0v) is 13.6. The number of carboxylic acid groups (broad SMARTS) is 1. The molecule has 1 atom stereocenters. The van der Waals surface area contributed by atoms with E-state index in [0.717, 1.165) is 18.4 Å². The van der Waals surface area contributed by atoms with Crippen LogP contribution in [0, 0.1) is 0 Å². The molecule has 0 saturated heterocycles. The fraction of sp³-hybridized carbons (Fsp3) is 0.278. The lowest BCUT2D eigenvalue weighted by Gasteiger charge is -2.18. The van der Waals surface area contributed by atoms with Crippen molar-refractivity contribution in [2.45, 2.75) is 18.9 Å². The summed E-state index contributed by atoms with van der Waals surface area (Å²) in [5.74, 6) is -0.224. The van der Waals surface area contributed by atoms with E-state index in [9.17, 15) is 4.79 Å². The molecule has 3 rings (SSSR count). The van der Waals surface area contributed by atoms with Crippen molar-refractivity contribution in [2.24, 2.45) is 0 Å². The fourth-order valence-electron chi connectivity index (χ4n) is 2.62. The monoisotopic (exact) mass is 325 g/mol. The van der Waals surface area contributed by atoms with Crippen LogP contribution in [0.5, 0.6) is 0 Å². The number of rotatable bonds is 4. The second-order valence-electron chi connectivity index (χ2n) is 5.93. The van der Waals surface area contributed by atoms with Gasteiger partial charge in [0.25, 0.3) is 0 Å². The predicted octanol–water partition coefficient (Wildman–Crippen LogP) is 3.10. The quantitative estimate of drug-likeness (QED) is 0.930. The van der Waals surface area contributed by atoms with Gasteiger partial charge in [-0.05, 0) is 45.1 Å². The number of aromatic carboxylic acids is 1. The van der Waals surface area contributed by atoms with Gasteiger partial charge in [0, 0.05) is 17.2 Å². The summed E-state index contributed by atoms with van der Waals surface area (Å²) in [7, 11) is 4.11. The van der Waals surface area contributed by atoms with Crippen molar-refractivity contribution in [3.8, 4) is 11.5 Å². The number of nitrogens with zero attached hydrogens (tertiary/aromatic N) is 3. The van der Waals surface area contributed by atoms with Crippen molar-refractivity contribution in [2.75, 3.05) is 14.1 Å². The minimum atomic E-state index is -0.985. The Hall–Kier alpha value is -2.73. The van der Waals surface area contributed by atoms with Crippen LogP contribution < -0.4 is 0 Å². The first kappa shape index (κ1) is 16.1. The maximum atomic E-state index is 11.1. The first-order chi connectivity index (χ1) is 11.5. The van der Waals surface area contributed by atoms with E-state index in [1.807, 2.05) is 6.08 Å². The van der Waals surface area contributed by atoms with E-state index in [4.69, 9.17) is 9.52 Å². The summed E-state index contributed by atoms with van der Waals surface area (Å²) in [6.45, 7) is 0. The average Bonchev–Trinajstić information content (AvgIpc) is 2.92. The Morgan fingerprint density at radius 1 is 1.29 bits per heavy atom.